The maximum atomic E-state index is 12.2. The van der Waals surface area contributed by atoms with E-state index >= 15 is 0 Å². The summed E-state index contributed by atoms with van der Waals surface area (Å²) < 4.78 is 0. The van der Waals surface area contributed by atoms with Gasteiger partial charge in [-0.15, -0.1) is 0 Å². The topological polar surface area (TPSA) is 91.6 Å². The fraction of sp³-hybridized carbons (Fsp3) is 0.588. The molecule has 2 rings (SSSR count). The first-order valence-electron chi connectivity index (χ1n) is 8.54. The van der Waals surface area contributed by atoms with Crippen LogP contribution in [0.2, 0.25) is 0 Å². The van der Waals surface area contributed by atoms with Crippen LogP contribution in [-0.2, 0) is 9.59 Å². The number of hydrogen-bond acceptors (Lipinski definition) is 5. The molecule has 1 aliphatic heterocycles. The number of likely N-dealkylation sites (N-methyl/N-ethyl adjacent to an activating group) is 1. The second-order valence-electron chi connectivity index (χ2n) is 6.03. The zero-order valence-corrected chi connectivity index (χ0v) is 14.3. The molecule has 1 aromatic heterocycles. The van der Waals surface area contributed by atoms with E-state index < -0.39 is 0 Å². The Morgan fingerprint density at radius 1 is 1.38 bits per heavy atom. The van der Waals surface area contributed by atoms with E-state index in [9.17, 15) is 9.59 Å². The highest BCUT2D eigenvalue weighted by molar-refractivity contribution is 5.85. The van der Waals surface area contributed by atoms with Gasteiger partial charge >= 0.3 is 0 Å². The normalized spacial score (nSPS) is 15.2. The smallest absolute Gasteiger partial charge is 0.241 e. The second kappa shape index (κ2) is 9.22. The average Bonchev–Trinajstić information content (AvgIpc) is 2.65. The molecule has 1 fully saturated rings. The number of anilines is 1. The number of rotatable bonds is 7. The van der Waals surface area contributed by atoms with Crippen molar-refractivity contribution in [2.45, 2.75) is 19.8 Å². The molecule has 0 aliphatic carbocycles. The van der Waals surface area contributed by atoms with Crippen LogP contribution in [0.5, 0.6) is 0 Å². The summed E-state index contributed by atoms with van der Waals surface area (Å²) in [6.45, 7) is 5.20. The van der Waals surface area contributed by atoms with E-state index in [4.69, 9.17) is 5.73 Å². The number of aromatic nitrogens is 1. The highest BCUT2D eigenvalue weighted by Gasteiger charge is 2.23. The Morgan fingerprint density at radius 3 is 2.71 bits per heavy atom. The summed E-state index contributed by atoms with van der Waals surface area (Å²) in [6.07, 6.45) is 3.89. The molecule has 24 heavy (non-hydrogen) atoms. The predicted octanol–water partition coefficient (Wildman–Crippen LogP) is 0.221. The lowest BCUT2D eigenvalue weighted by Crippen LogP contribution is -2.45. The van der Waals surface area contributed by atoms with Crippen LogP contribution in [0.4, 0.5) is 5.82 Å². The first-order valence-corrected chi connectivity index (χ1v) is 8.54. The maximum Gasteiger partial charge on any atom is 0.241 e. The zero-order chi connectivity index (χ0) is 17.4. The summed E-state index contributed by atoms with van der Waals surface area (Å²) >= 11 is 0. The summed E-state index contributed by atoms with van der Waals surface area (Å²) in [5.41, 5.74) is 5.23. The molecule has 0 unspecified atom stereocenters. The molecule has 1 aliphatic rings. The van der Waals surface area contributed by atoms with Gasteiger partial charge in [-0.1, -0.05) is 6.07 Å². The molecule has 0 saturated carbocycles. The van der Waals surface area contributed by atoms with Crippen molar-refractivity contribution in [3.63, 3.8) is 0 Å². The number of nitrogens with one attached hydrogen (secondary N) is 1. The van der Waals surface area contributed by atoms with Crippen LogP contribution >= 0.6 is 0 Å². The minimum atomic E-state index is -0.303. The quantitative estimate of drug-likeness (QED) is 0.745. The van der Waals surface area contributed by atoms with Crippen molar-refractivity contribution in [2.75, 3.05) is 44.2 Å². The van der Waals surface area contributed by atoms with Gasteiger partial charge in [0, 0.05) is 32.4 Å². The van der Waals surface area contributed by atoms with E-state index in [-0.39, 0.29) is 24.9 Å². The van der Waals surface area contributed by atoms with Crippen molar-refractivity contribution in [2.24, 2.45) is 11.7 Å². The molecular formula is C17H27N5O2. The third kappa shape index (κ3) is 5.19. The van der Waals surface area contributed by atoms with Gasteiger partial charge in [0.05, 0.1) is 13.1 Å². The lowest BCUT2D eigenvalue weighted by atomic mass is 9.96. The van der Waals surface area contributed by atoms with Crippen LogP contribution in [0.25, 0.3) is 0 Å². The monoisotopic (exact) mass is 333 g/mol. The molecule has 0 bridgehead atoms. The largest absolute Gasteiger partial charge is 0.357 e. The molecule has 0 spiro atoms. The van der Waals surface area contributed by atoms with Gasteiger partial charge in [0.2, 0.25) is 11.8 Å². The summed E-state index contributed by atoms with van der Waals surface area (Å²) in [5.74, 6) is 1.15. The number of nitrogens with zero attached hydrogens (tertiary/aromatic N) is 3. The van der Waals surface area contributed by atoms with Crippen LogP contribution in [0, 0.1) is 5.92 Å². The van der Waals surface area contributed by atoms with E-state index in [1.807, 2.05) is 36.2 Å². The van der Waals surface area contributed by atoms with Crippen molar-refractivity contribution >= 4 is 17.6 Å². The van der Waals surface area contributed by atoms with Gasteiger partial charge in [-0.2, -0.15) is 0 Å². The Balaban J connectivity index is 1.78. The van der Waals surface area contributed by atoms with Crippen LogP contribution < -0.4 is 16.0 Å². The first kappa shape index (κ1) is 18.2. The SMILES string of the molecule is CCN(CC1CCN(c2ccccn2)CC1)C(=O)CNC(=O)CN. The van der Waals surface area contributed by atoms with Crippen molar-refractivity contribution in [1.29, 1.82) is 0 Å². The summed E-state index contributed by atoms with van der Waals surface area (Å²) in [7, 11) is 0. The summed E-state index contributed by atoms with van der Waals surface area (Å²) in [6, 6.07) is 5.95. The van der Waals surface area contributed by atoms with E-state index in [0.717, 1.165) is 38.3 Å². The number of nitrogens with two attached hydrogens (primary N) is 1. The van der Waals surface area contributed by atoms with Gasteiger partial charge in [-0.3, -0.25) is 9.59 Å². The second-order valence-corrected chi connectivity index (χ2v) is 6.03. The number of carbonyl (C=O) groups is 2. The summed E-state index contributed by atoms with van der Waals surface area (Å²) in [4.78, 5) is 31.9. The molecule has 3 N–H and O–H groups in total. The fourth-order valence-electron chi connectivity index (χ4n) is 2.96. The molecule has 1 aromatic rings. The third-order valence-electron chi connectivity index (χ3n) is 4.42. The zero-order valence-electron chi connectivity index (χ0n) is 14.3. The van der Waals surface area contributed by atoms with Gasteiger partial charge in [-0.25, -0.2) is 4.98 Å². The molecule has 7 nitrogen and oxygen atoms in total. The molecule has 0 aromatic carbocycles. The van der Waals surface area contributed by atoms with E-state index in [1.54, 1.807) is 0 Å². The van der Waals surface area contributed by atoms with Gasteiger partial charge in [0.1, 0.15) is 5.82 Å². The average molecular weight is 333 g/mol. The fourth-order valence-corrected chi connectivity index (χ4v) is 2.96. The lowest BCUT2D eigenvalue weighted by Gasteiger charge is -2.35. The third-order valence-corrected chi connectivity index (χ3v) is 4.42. The van der Waals surface area contributed by atoms with Gasteiger partial charge in [0.15, 0.2) is 0 Å². The Kier molecular flexibility index (Phi) is 6.99. The standard InChI is InChI=1S/C17H27N5O2/c1-2-21(17(24)12-20-16(23)11-18)13-14-6-9-22(10-7-14)15-5-3-4-8-19-15/h3-5,8,14H,2,6-7,9-13,18H2,1H3,(H,20,23). The molecule has 0 atom stereocenters. The predicted molar refractivity (Wildman–Crippen MR) is 93.5 cm³/mol. The first-order chi connectivity index (χ1) is 11.6. The van der Waals surface area contributed by atoms with E-state index in [1.165, 1.54) is 0 Å². The number of piperidine rings is 1. The molecule has 2 heterocycles. The van der Waals surface area contributed by atoms with Crippen molar-refractivity contribution in [3.8, 4) is 0 Å². The Morgan fingerprint density at radius 2 is 2.12 bits per heavy atom. The van der Waals surface area contributed by atoms with Crippen molar-refractivity contribution in [1.82, 2.24) is 15.2 Å². The number of carbonyl (C=O) groups excluding carboxylic acids is 2. The molecule has 2 amide bonds. The Labute approximate surface area is 143 Å². The highest BCUT2D eigenvalue weighted by Crippen LogP contribution is 2.22. The number of amides is 2. The van der Waals surface area contributed by atoms with Crippen molar-refractivity contribution < 1.29 is 9.59 Å². The van der Waals surface area contributed by atoms with Gasteiger partial charge in [-0.05, 0) is 37.8 Å². The minimum Gasteiger partial charge on any atom is -0.357 e. The lowest BCUT2D eigenvalue weighted by molar-refractivity contribution is -0.133. The van der Waals surface area contributed by atoms with Crippen LogP contribution in [-0.4, -0.2) is 61.0 Å². The van der Waals surface area contributed by atoms with E-state index in [2.05, 4.69) is 15.2 Å². The Bertz CT molecular complexity index is 529. The summed E-state index contributed by atoms with van der Waals surface area (Å²) in [5, 5.41) is 2.54. The van der Waals surface area contributed by atoms with Gasteiger partial charge in [0.25, 0.3) is 0 Å². The van der Waals surface area contributed by atoms with Crippen LogP contribution in [0.15, 0.2) is 24.4 Å². The maximum absolute atomic E-state index is 12.2. The molecule has 132 valence electrons. The number of pyridine rings is 1. The molecule has 0 radical (unpaired) electrons. The molecular weight excluding hydrogens is 306 g/mol. The van der Waals surface area contributed by atoms with Crippen molar-refractivity contribution in [3.05, 3.63) is 24.4 Å². The number of hydrogen-bond donors (Lipinski definition) is 2. The van der Waals surface area contributed by atoms with Crippen LogP contribution in [0.1, 0.15) is 19.8 Å². The van der Waals surface area contributed by atoms with E-state index in [0.29, 0.717) is 12.5 Å². The minimum absolute atomic E-state index is 0.0245. The van der Waals surface area contributed by atoms with Gasteiger partial charge < -0.3 is 20.9 Å². The molecule has 1 saturated heterocycles. The highest BCUT2D eigenvalue weighted by atomic mass is 16.2. The molecule has 7 heteroatoms. The Hall–Kier alpha value is -2.15. The van der Waals surface area contributed by atoms with Crippen LogP contribution in [0.3, 0.4) is 0 Å².